The molecule has 0 bridgehead atoms. The molecule has 0 spiro atoms. The van der Waals surface area contributed by atoms with Crippen LogP contribution in [0.25, 0.3) is 11.3 Å². The van der Waals surface area contributed by atoms with Crippen LogP contribution in [0.1, 0.15) is 0 Å². The summed E-state index contributed by atoms with van der Waals surface area (Å²) in [6.07, 6.45) is 3.55. The number of hydrogen-bond acceptors (Lipinski definition) is 3. The largest absolute Gasteiger partial charge is 0.365 e. The zero-order valence-electron chi connectivity index (χ0n) is 14.0. The van der Waals surface area contributed by atoms with E-state index >= 15 is 0 Å². The molecule has 3 nitrogen and oxygen atoms in total. The number of aromatic nitrogens is 2. The minimum absolute atomic E-state index is 0.850. The zero-order valence-corrected chi connectivity index (χ0v) is 15.0. The number of rotatable bonds is 4. The third kappa shape index (κ3) is 2.81. The lowest BCUT2D eigenvalue weighted by atomic mass is 10.2. The minimum Gasteiger partial charge on any atom is -0.365 e. The molecule has 0 saturated heterocycles. The summed E-state index contributed by atoms with van der Waals surface area (Å²) in [5.41, 5.74) is 1.87. The zero-order chi connectivity index (χ0) is 17.1. The van der Waals surface area contributed by atoms with Gasteiger partial charge in [0, 0.05) is 24.0 Å². The van der Waals surface area contributed by atoms with E-state index in [1.807, 2.05) is 24.3 Å². The molecule has 4 rings (SSSR count). The quantitative estimate of drug-likeness (QED) is 0.535. The Morgan fingerprint density at radius 3 is 1.88 bits per heavy atom. The van der Waals surface area contributed by atoms with Gasteiger partial charge in [0.2, 0.25) is 0 Å². The second-order valence-corrected chi connectivity index (χ2v) is 10.1. The van der Waals surface area contributed by atoms with E-state index in [1.165, 1.54) is 10.4 Å². The smallest absolute Gasteiger partial charge is 0.193 e. The maximum atomic E-state index is 5.88. The van der Waals surface area contributed by atoms with E-state index in [4.69, 9.17) is 4.52 Å². The Morgan fingerprint density at radius 2 is 1.32 bits per heavy atom. The molecule has 2 aromatic heterocycles. The average Bonchev–Trinajstić information content (AvgIpc) is 3.20. The summed E-state index contributed by atoms with van der Waals surface area (Å²) in [6, 6.07) is 27.2. The molecular formula is C21H18N2OSi. The first kappa shape index (κ1) is 15.5. The maximum absolute atomic E-state index is 5.88. The number of pyridine rings is 1. The van der Waals surface area contributed by atoms with Gasteiger partial charge in [-0.15, -0.1) is 0 Å². The highest BCUT2D eigenvalue weighted by molar-refractivity contribution is 7.10. The van der Waals surface area contributed by atoms with Crippen molar-refractivity contribution in [2.45, 2.75) is 6.55 Å². The van der Waals surface area contributed by atoms with E-state index < -0.39 is 8.07 Å². The van der Waals surface area contributed by atoms with Crippen molar-refractivity contribution >= 4 is 23.8 Å². The molecule has 0 aliphatic heterocycles. The fourth-order valence-corrected chi connectivity index (χ4v) is 6.44. The first-order chi connectivity index (χ1) is 12.3. The monoisotopic (exact) mass is 342 g/mol. The third-order valence-corrected chi connectivity index (χ3v) is 8.88. The first-order valence-electron chi connectivity index (χ1n) is 8.27. The summed E-state index contributed by atoms with van der Waals surface area (Å²) in [4.78, 5) is 4.07. The first-order valence-corrected chi connectivity index (χ1v) is 10.8. The lowest BCUT2D eigenvalue weighted by molar-refractivity contribution is 0.447. The van der Waals surface area contributed by atoms with Crippen LogP contribution in [-0.4, -0.2) is 18.2 Å². The van der Waals surface area contributed by atoms with Crippen molar-refractivity contribution in [3.8, 4) is 11.3 Å². The fraction of sp³-hybridized carbons (Fsp3) is 0.0476. The van der Waals surface area contributed by atoms with E-state index in [1.54, 1.807) is 12.4 Å². The minimum atomic E-state index is -2.23. The second-order valence-electron chi connectivity index (χ2n) is 6.17. The van der Waals surface area contributed by atoms with Crippen LogP contribution in [0.4, 0.5) is 0 Å². The molecule has 0 aliphatic rings. The number of hydrogen-bond donors (Lipinski definition) is 0. The van der Waals surface area contributed by atoms with Crippen LogP contribution >= 0.6 is 0 Å². The van der Waals surface area contributed by atoms with Crippen molar-refractivity contribution in [1.82, 2.24) is 10.1 Å². The molecule has 0 N–H and O–H groups in total. The Labute approximate surface area is 148 Å². The molecule has 0 aliphatic carbocycles. The van der Waals surface area contributed by atoms with Crippen molar-refractivity contribution in [2.24, 2.45) is 0 Å². The van der Waals surface area contributed by atoms with Crippen LogP contribution < -0.4 is 15.8 Å². The van der Waals surface area contributed by atoms with Gasteiger partial charge in [0.05, 0.1) is 0 Å². The van der Waals surface area contributed by atoms with Gasteiger partial charge in [0.1, 0.15) is 11.1 Å². The van der Waals surface area contributed by atoms with Gasteiger partial charge >= 0.3 is 0 Å². The van der Waals surface area contributed by atoms with Crippen LogP contribution in [0, 0.1) is 0 Å². The highest BCUT2D eigenvalue weighted by Gasteiger charge is 2.38. The number of nitrogens with zero attached hydrogens (tertiary/aromatic N) is 2. The summed E-state index contributed by atoms with van der Waals surface area (Å²) in [5, 5.41) is 7.90. The summed E-state index contributed by atoms with van der Waals surface area (Å²) >= 11 is 0. The molecule has 2 aromatic carbocycles. The highest BCUT2D eigenvalue weighted by atomic mass is 28.3. The van der Waals surface area contributed by atoms with Crippen LogP contribution in [0.3, 0.4) is 0 Å². The molecular weight excluding hydrogens is 324 g/mol. The molecule has 122 valence electrons. The molecule has 0 fully saturated rings. The number of benzene rings is 2. The summed E-state index contributed by atoms with van der Waals surface area (Å²) < 4.78 is 5.88. The Hall–Kier alpha value is -2.98. The van der Waals surface area contributed by atoms with Gasteiger partial charge in [-0.3, -0.25) is 4.98 Å². The van der Waals surface area contributed by atoms with Crippen molar-refractivity contribution in [2.75, 3.05) is 0 Å². The van der Waals surface area contributed by atoms with Crippen molar-refractivity contribution in [1.29, 1.82) is 0 Å². The van der Waals surface area contributed by atoms with E-state index in [0.29, 0.717) is 0 Å². The highest BCUT2D eigenvalue weighted by Crippen LogP contribution is 2.16. The molecule has 25 heavy (non-hydrogen) atoms. The molecule has 4 heteroatoms. The van der Waals surface area contributed by atoms with Crippen LogP contribution in [0.15, 0.2) is 95.8 Å². The summed E-state index contributed by atoms with van der Waals surface area (Å²) in [7, 11) is -2.23. The van der Waals surface area contributed by atoms with Crippen molar-refractivity contribution in [3.05, 3.63) is 91.3 Å². The standard InChI is InChI=1S/C21H18N2OSi/c1-25(18-8-4-2-5-9-18,19-10-6-3-7-11-19)21-16-20(23-24-21)17-12-14-22-15-13-17/h2-16H,1H3. The molecule has 4 aromatic rings. The maximum Gasteiger partial charge on any atom is 0.193 e. The Balaban J connectivity index is 1.87. The molecule has 0 saturated carbocycles. The normalized spacial score (nSPS) is 11.4. The predicted octanol–water partition coefficient (Wildman–Crippen LogP) is 2.84. The molecule has 0 radical (unpaired) electrons. The van der Waals surface area contributed by atoms with E-state index in [2.05, 4.69) is 71.3 Å². The predicted molar refractivity (Wildman–Crippen MR) is 103 cm³/mol. The van der Waals surface area contributed by atoms with Crippen molar-refractivity contribution in [3.63, 3.8) is 0 Å². The lowest BCUT2D eigenvalue weighted by Gasteiger charge is -2.25. The molecule has 2 heterocycles. The van der Waals surface area contributed by atoms with Gasteiger partial charge in [-0.25, -0.2) is 0 Å². The van der Waals surface area contributed by atoms with Crippen LogP contribution in [-0.2, 0) is 0 Å². The third-order valence-electron chi connectivity index (χ3n) is 4.68. The molecule has 0 atom stereocenters. The van der Waals surface area contributed by atoms with E-state index in [-0.39, 0.29) is 0 Å². The van der Waals surface area contributed by atoms with Gasteiger partial charge in [0.15, 0.2) is 8.07 Å². The Bertz CT molecular complexity index is 913. The summed E-state index contributed by atoms with van der Waals surface area (Å²) in [5.74, 6) is 0. The SMILES string of the molecule is C[Si](c1ccccc1)(c1ccccc1)c1cc(-c2ccncc2)no1. The van der Waals surface area contributed by atoms with Crippen LogP contribution in [0.5, 0.6) is 0 Å². The molecule has 0 amide bonds. The summed E-state index contributed by atoms with van der Waals surface area (Å²) in [6.45, 7) is 2.31. The lowest BCUT2D eigenvalue weighted by Crippen LogP contribution is -2.64. The Kier molecular flexibility index (Phi) is 4.03. The van der Waals surface area contributed by atoms with E-state index in [9.17, 15) is 0 Å². The van der Waals surface area contributed by atoms with Gasteiger partial charge in [0.25, 0.3) is 0 Å². The van der Waals surface area contributed by atoms with Crippen LogP contribution in [0.2, 0.25) is 6.55 Å². The van der Waals surface area contributed by atoms with E-state index in [0.717, 1.165) is 16.6 Å². The topological polar surface area (TPSA) is 38.9 Å². The van der Waals surface area contributed by atoms with Crippen molar-refractivity contribution < 1.29 is 4.52 Å². The fourth-order valence-electron chi connectivity index (χ4n) is 3.16. The second kappa shape index (κ2) is 6.49. The van der Waals surface area contributed by atoms with Gasteiger partial charge < -0.3 is 4.52 Å². The molecule has 0 unspecified atom stereocenters. The van der Waals surface area contributed by atoms with Gasteiger partial charge in [-0.1, -0.05) is 72.4 Å². The van der Waals surface area contributed by atoms with Gasteiger partial charge in [-0.05, 0) is 22.5 Å². The average molecular weight is 342 g/mol. The van der Waals surface area contributed by atoms with Gasteiger partial charge in [-0.2, -0.15) is 0 Å². The Morgan fingerprint density at radius 1 is 0.760 bits per heavy atom.